The highest BCUT2D eigenvalue weighted by Gasteiger charge is 2.05. The van der Waals surface area contributed by atoms with Crippen molar-refractivity contribution in [3.8, 4) is 0 Å². The van der Waals surface area contributed by atoms with Crippen LogP contribution in [0.1, 0.15) is 10.4 Å². The molecule has 0 bridgehead atoms. The van der Waals surface area contributed by atoms with Crippen molar-refractivity contribution in [1.82, 2.24) is 5.32 Å². The highest BCUT2D eigenvalue weighted by atomic mass is 32.1. The van der Waals surface area contributed by atoms with E-state index >= 15 is 0 Å². The molecule has 1 N–H and O–H groups in total. The molecule has 0 saturated carbocycles. The summed E-state index contributed by atoms with van der Waals surface area (Å²) in [6, 6.07) is 7.52. The Labute approximate surface area is 119 Å². The van der Waals surface area contributed by atoms with Crippen LogP contribution in [-0.2, 0) is 11.2 Å². The predicted molar refractivity (Wildman–Crippen MR) is 76.4 cm³/mol. The minimum atomic E-state index is -0.687. The van der Waals surface area contributed by atoms with Crippen molar-refractivity contribution in [3.63, 3.8) is 0 Å². The molecule has 104 valence electrons. The van der Waals surface area contributed by atoms with Crippen LogP contribution in [-0.4, -0.2) is 12.5 Å². The van der Waals surface area contributed by atoms with Crippen LogP contribution in [0.15, 0.2) is 41.8 Å². The molecule has 1 heterocycles. The van der Waals surface area contributed by atoms with Gasteiger partial charge >= 0.3 is 0 Å². The SMILES string of the molecule is O=C(/C=C/c1c(F)cccc1F)NCCc1cccs1. The summed E-state index contributed by atoms with van der Waals surface area (Å²) in [4.78, 5) is 12.7. The van der Waals surface area contributed by atoms with Gasteiger partial charge < -0.3 is 5.32 Å². The molecule has 20 heavy (non-hydrogen) atoms. The zero-order chi connectivity index (χ0) is 14.4. The number of hydrogen-bond donors (Lipinski definition) is 1. The van der Waals surface area contributed by atoms with Crippen molar-refractivity contribution in [2.45, 2.75) is 6.42 Å². The summed E-state index contributed by atoms with van der Waals surface area (Å²) in [5.74, 6) is -1.75. The Hall–Kier alpha value is -2.01. The molecule has 1 amide bonds. The summed E-state index contributed by atoms with van der Waals surface area (Å²) in [5.41, 5.74) is -0.207. The van der Waals surface area contributed by atoms with E-state index in [4.69, 9.17) is 0 Å². The fourth-order valence-corrected chi connectivity index (χ4v) is 2.36. The summed E-state index contributed by atoms with van der Waals surface area (Å²) in [6.07, 6.45) is 3.02. The third kappa shape index (κ3) is 3.99. The normalized spacial score (nSPS) is 10.9. The van der Waals surface area contributed by atoms with Gasteiger partial charge in [0.1, 0.15) is 11.6 Å². The number of halogens is 2. The first-order valence-electron chi connectivity index (χ1n) is 6.09. The van der Waals surface area contributed by atoms with E-state index in [1.165, 1.54) is 10.9 Å². The second-order valence-corrected chi connectivity index (χ2v) is 5.12. The Morgan fingerprint density at radius 1 is 1.20 bits per heavy atom. The van der Waals surface area contributed by atoms with Crippen LogP contribution in [0.5, 0.6) is 0 Å². The first-order chi connectivity index (χ1) is 9.66. The van der Waals surface area contributed by atoms with Crippen LogP contribution < -0.4 is 5.32 Å². The molecule has 2 aromatic rings. The van der Waals surface area contributed by atoms with Gasteiger partial charge in [0.05, 0.1) is 0 Å². The van der Waals surface area contributed by atoms with Gasteiger partial charge in [-0.2, -0.15) is 0 Å². The Balaban J connectivity index is 1.86. The maximum Gasteiger partial charge on any atom is 0.244 e. The fourth-order valence-electron chi connectivity index (χ4n) is 1.65. The predicted octanol–water partition coefficient (Wildman–Crippen LogP) is 3.40. The average molecular weight is 293 g/mol. The Kier molecular flexibility index (Phi) is 5.01. The highest BCUT2D eigenvalue weighted by Crippen LogP contribution is 2.13. The molecule has 1 aromatic carbocycles. The van der Waals surface area contributed by atoms with Crippen LogP contribution in [0, 0.1) is 11.6 Å². The lowest BCUT2D eigenvalue weighted by Crippen LogP contribution is -2.23. The first-order valence-corrected chi connectivity index (χ1v) is 6.97. The van der Waals surface area contributed by atoms with Crippen molar-refractivity contribution in [2.75, 3.05) is 6.54 Å². The van der Waals surface area contributed by atoms with Crippen molar-refractivity contribution in [3.05, 3.63) is 63.9 Å². The van der Waals surface area contributed by atoms with E-state index in [0.29, 0.717) is 6.54 Å². The summed E-state index contributed by atoms with van der Waals surface area (Å²) < 4.78 is 26.6. The number of benzene rings is 1. The molecule has 0 spiro atoms. The summed E-state index contributed by atoms with van der Waals surface area (Å²) in [5, 5.41) is 4.64. The van der Waals surface area contributed by atoms with E-state index in [2.05, 4.69) is 5.32 Å². The van der Waals surface area contributed by atoms with Gasteiger partial charge in [0.25, 0.3) is 0 Å². The van der Waals surface area contributed by atoms with Crippen LogP contribution in [0.25, 0.3) is 6.08 Å². The van der Waals surface area contributed by atoms with Gasteiger partial charge in [0.15, 0.2) is 0 Å². The molecule has 0 atom stereocenters. The molecule has 2 nitrogen and oxygen atoms in total. The largest absolute Gasteiger partial charge is 0.352 e. The first kappa shape index (κ1) is 14.4. The topological polar surface area (TPSA) is 29.1 Å². The number of nitrogens with one attached hydrogen (secondary N) is 1. The van der Waals surface area contributed by atoms with E-state index in [1.54, 1.807) is 11.3 Å². The molecule has 5 heteroatoms. The lowest BCUT2D eigenvalue weighted by molar-refractivity contribution is -0.116. The van der Waals surface area contributed by atoms with Crippen LogP contribution in [0.2, 0.25) is 0 Å². The quantitative estimate of drug-likeness (QED) is 0.841. The standard InChI is InChI=1S/C15H13F2NOS/c16-13-4-1-5-14(17)12(13)6-7-15(19)18-9-8-11-3-2-10-20-11/h1-7,10H,8-9H2,(H,18,19)/b7-6+. The highest BCUT2D eigenvalue weighted by molar-refractivity contribution is 7.09. The third-order valence-corrected chi connectivity index (χ3v) is 3.59. The zero-order valence-electron chi connectivity index (χ0n) is 10.6. The van der Waals surface area contributed by atoms with Crippen molar-refractivity contribution in [2.24, 2.45) is 0 Å². The lowest BCUT2D eigenvalue weighted by atomic mass is 10.2. The zero-order valence-corrected chi connectivity index (χ0v) is 11.4. The van der Waals surface area contributed by atoms with E-state index in [0.717, 1.165) is 30.7 Å². The molecule has 0 aliphatic rings. The van der Waals surface area contributed by atoms with Gasteiger partial charge in [-0.1, -0.05) is 12.1 Å². The maximum absolute atomic E-state index is 13.3. The fraction of sp³-hybridized carbons (Fsp3) is 0.133. The number of amides is 1. The van der Waals surface area contributed by atoms with Gasteiger partial charge in [0.2, 0.25) is 5.91 Å². The molecule has 0 saturated heterocycles. The number of carbonyl (C=O) groups excluding carboxylic acids is 1. The van der Waals surface area contributed by atoms with Crippen LogP contribution in [0.3, 0.4) is 0 Å². The van der Waals surface area contributed by atoms with Crippen molar-refractivity contribution >= 4 is 23.3 Å². The molecule has 0 aliphatic heterocycles. The number of carbonyl (C=O) groups is 1. The van der Waals surface area contributed by atoms with E-state index in [1.807, 2.05) is 17.5 Å². The molecule has 1 aromatic heterocycles. The van der Waals surface area contributed by atoms with E-state index in [-0.39, 0.29) is 11.5 Å². The smallest absolute Gasteiger partial charge is 0.244 e. The summed E-state index contributed by atoms with van der Waals surface area (Å²) in [6.45, 7) is 0.490. The molecule has 0 unspecified atom stereocenters. The minimum Gasteiger partial charge on any atom is -0.352 e. The Morgan fingerprint density at radius 3 is 2.60 bits per heavy atom. The average Bonchev–Trinajstić information content (AvgIpc) is 2.91. The van der Waals surface area contributed by atoms with Gasteiger partial charge in [-0.15, -0.1) is 11.3 Å². The minimum absolute atomic E-state index is 0.207. The van der Waals surface area contributed by atoms with Crippen molar-refractivity contribution < 1.29 is 13.6 Å². The van der Waals surface area contributed by atoms with E-state index in [9.17, 15) is 13.6 Å². The third-order valence-electron chi connectivity index (χ3n) is 2.65. The van der Waals surface area contributed by atoms with Crippen molar-refractivity contribution in [1.29, 1.82) is 0 Å². The molecular formula is C15H13F2NOS. The Bertz CT molecular complexity index is 588. The molecule has 0 fully saturated rings. The molecule has 0 aliphatic carbocycles. The molecule has 0 radical (unpaired) electrons. The van der Waals surface area contributed by atoms with Gasteiger partial charge in [-0.25, -0.2) is 8.78 Å². The van der Waals surface area contributed by atoms with Gasteiger partial charge in [-0.3, -0.25) is 4.79 Å². The second kappa shape index (κ2) is 6.96. The number of rotatable bonds is 5. The second-order valence-electron chi connectivity index (χ2n) is 4.09. The van der Waals surface area contributed by atoms with Crippen LogP contribution in [0.4, 0.5) is 8.78 Å². The molecule has 2 rings (SSSR count). The van der Waals surface area contributed by atoms with Gasteiger partial charge in [-0.05, 0) is 36.1 Å². The van der Waals surface area contributed by atoms with Crippen LogP contribution >= 0.6 is 11.3 Å². The monoisotopic (exact) mass is 293 g/mol. The summed E-state index contributed by atoms with van der Waals surface area (Å²) >= 11 is 1.62. The van der Waals surface area contributed by atoms with E-state index < -0.39 is 11.6 Å². The molecular weight excluding hydrogens is 280 g/mol. The Morgan fingerprint density at radius 2 is 1.95 bits per heavy atom. The maximum atomic E-state index is 13.3. The number of thiophene rings is 1. The number of hydrogen-bond acceptors (Lipinski definition) is 2. The van der Waals surface area contributed by atoms with Gasteiger partial charge in [0, 0.05) is 23.1 Å². The summed E-state index contributed by atoms with van der Waals surface area (Å²) in [7, 11) is 0. The lowest BCUT2D eigenvalue weighted by Gasteiger charge is -2.01.